The Morgan fingerprint density at radius 1 is 1.14 bits per heavy atom. The fourth-order valence-electron chi connectivity index (χ4n) is 3.07. The molecule has 0 bridgehead atoms. The Morgan fingerprint density at radius 2 is 1.93 bits per heavy atom. The molecular weight excluding hydrogens is 368 g/mol. The number of ether oxygens (including phenoxy) is 2. The van der Waals surface area contributed by atoms with Crippen molar-refractivity contribution in [2.24, 2.45) is 0 Å². The van der Waals surface area contributed by atoms with Crippen LogP contribution >= 0.6 is 0 Å². The number of amides is 1. The molecule has 1 atom stereocenters. The van der Waals surface area contributed by atoms with Gasteiger partial charge in [0.15, 0.2) is 0 Å². The van der Waals surface area contributed by atoms with Gasteiger partial charge >= 0.3 is 6.09 Å². The van der Waals surface area contributed by atoms with Crippen LogP contribution in [0, 0.1) is 18.8 Å². The normalized spacial score (nSPS) is 13.2. The molecule has 0 spiro atoms. The second-order valence-electron chi connectivity index (χ2n) is 6.78. The van der Waals surface area contributed by atoms with E-state index in [0.29, 0.717) is 24.6 Å². The van der Waals surface area contributed by atoms with Crippen LogP contribution in [0.3, 0.4) is 0 Å². The van der Waals surface area contributed by atoms with Crippen LogP contribution < -0.4 is 5.32 Å². The van der Waals surface area contributed by atoms with Crippen molar-refractivity contribution in [3.05, 3.63) is 82.2 Å². The molecule has 0 saturated heterocycles. The summed E-state index contributed by atoms with van der Waals surface area (Å²) in [5, 5.41) is 6.61. The number of benzene rings is 2. The van der Waals surface area contributed by atoms with Crippen LogP contribution in [0.2, 0.25) is 0 Å². The minimum atomic E-state index is -0.592. The van der Waals surface area contributed by atoms with Crippen LogP contribution in [0.4, 0.5) is 10.5 Å². The van der Waals surface area contributed by atoms with E-state index in [2.05, 4.69) is 22.3 Å². The molecule has 3 aromatic rings. The predicted molar refractivity (Wildman–Crippen MR) is 107 cm³/mol. The van der Waals surface area contributed by atoms with E-state index in [0.717, 1.165) is 16.7 Å². The monoisotopic (exact) mass is 388 g/mol. The molecule has 4 rings (SSSR count). The number of nitrogens with zero attached hydrogens (tertiary/aromatic N) is 1. The molecule has 29 heavy (non-hydrogen) atoms. The number of carbonyl (C=O) groups is 1. The van der Waals surface area contributed by atoms with Gasteiger partial charge in [0.1, 0.15) is 17.5 Å². The molecular formula is C23H20N2O4. The van der Waals surface area contributed by atoms with Crippen molar-refractivity contribution in [1.29, 1.82) is 0 Å². The van der Waals surface area contributed by atoms with E-state index >= 15 is 0 Å². The van der Waals surface area contributed by atoms with Gasteiger partial charge in [0.2, 0.25) is 5.76 Å². The highest BCUT2D eigenvalue weighted by Gasteiger charge is 2.18. The van der Waals surface area contributed by atoms with Crippen LogP contribution in [0.15, 0.2) is 53.1 Å². The van der Waals surface area contributed by atoms with Crippen LogP contribution in [0.25, 0.3) is 0 Å². The summed E-state index contributed by atoms with van der Waals surface area (Å²) in [5.74, 6) is 6.28. The molecule has 0 aliphatic carbocycles. The van der Waals surface area contributed by atoms with Crippen LogP contribution in [0.5, 0.6) is 0 Å². The van der Waals surface area contributed by atoms with E-state index in [-0.39, 0.29) is 11.9 Å². The van der Waals surface area contributed by atoms with E-state index in [1.54, 1.807) is 6.92 Å². The van der Waals surface area contributed by atoms with Crippen molar-refractivity contribution in [2.75, 3.05) is 5.32 Å². The van der Waals surface area contributed by atoms with Gasteiger partial charge in [0.25, 0.3) is 0 Å². The molecule has 2 heterocycles. The van der Waals surface area contributed by atoms with Crippen LogP contribution in [-0.2, 0) is 22.7 Å². The molecule has 0 saturated carbocycles. The predicted octanol–water partition coefficient (Wildman–Crippen LogP) is 4.72. The first-order chi connectivity index (χ1) is 14.1. The van der Waals surface area contributed by atoms with Gasteiger partial charge in [-0.15, -0.1) is 0 Å². The molecule has 1 unspecified atom stereocenters. The summed E-state index contributed by atoms with van der Waals surface area (Å²) in [7, 11) is 0. The minimum Gasteiger partial charge on any atom is -0.441 e. The van der Waals surface area contributed by atoms with E-state index in [9.17, 15) is 4.79 Å². The standard InChI is InChI=1S/C23H20N2O4/c1-15-22(24-23(26)28-16(2)18-6-4-3-5-7-18)21(29-25-15)11-9-17-8-10-19-13-27-14-20(19)12-17/h3-8,10,12,16H,13-14H2,1-2H3,(H,24,26). The van der Waals surface area contributed by atoms with Gasteiger partial charge in [-0.25, -0.2) is 4.79 Å². The molecule has 1 amide bonds. The molecule has 1 aliphatic rings. The van der Waals surface area contributed by atoms with Crippen molar-refractivity contribution in [1.82, 2.24) is 5.16 Å². The fourth-order valence-corrected chi connectivity index (χ4v) is 3.07. The van der Waals surface area contributed by atoms with E-state index in [1.165, 1.54) is 5.56 Å². The number of carbonyl (C=O) groups excluding carboxylic acids is 1. The van der Waals surface area contributed by atoms with Crippen molar-refractivity contribution in [2.45, 2.75) is 33.2 Å². The number of anilines is 1. The number of aryl methyl sites for hydroxylation is 1. The number of hydrogen-bond donors (Lipinski definition) is 1. The van der Waals surface area contributed by atoms with Gasteiger partial charge < -0.3 is 14.0 Å². The van der Waals surface area contributed by atoms with E-state index in [1.807, 2.05) is 55.5 Å². The van der Waals surface area contributed by atoms with Gasteiger partial charge in [-0.1, -0.05) is 47.5 Å². The lowest BCUT2D eigenvalue weighted by molar-refractivity contribution is 0.121. The van der Waals surface area contributed by atoms with Crippen molar-refractivity contribution in [3.63, 3.8) is 0 Å². The average Bonchev–Trinajstić information content (AvgIpc) is 3.33. The van der Waals surface area contributed by atoms with Gasteiger partial charge in [-0.3, -0.25) is 5.32 Å². The summed E-state index contributed by atoms with van der Waals surface area (Å²) in [6.45, 7) is 4.79. The topological polar surface area (TPSA) is 73.6 Å². The van der Waals surface area contributed by atoms with Crippen molar-refractivity contribution < 1.29 is 18.8 Å². The lowest BCUT2D eigenvalue weighted by Crippen LogP contribution is -2.16. The lowest BCUT2D eigenvalue weighted by Gasteiger charge is -2.13. The van der Waals surface area contributed by atoms with Crippen LogP contribution in [0.1, 0.15) is 46.7 Å². The summed E-state index contributed by atoms with van der Waals surface area (Å²) >= 11 is 0. The number of nitrogens with one attached hydrogen (secondary N) is 1. The lowest BCUT2D eigenvalue weighted by atomic mass is 10.1. The Hall–Kier alpha value is -3.56. The first-order valence-electron chi connectivity index (χ1n) is 9.30. The van der Waals surface area contributed by atoms with Gasteiger partial charge in [-0.2, -0.15) is 0 Å². The van der Waals surface area contributed by atoms with Crippen LogP contribution in [-0.4, -0.2) is 11.2 Å². The highest BCUT2D eigenvalue weighted by molar-refractivity contribution is 5.87. The third-order valence-electron chi connectivity index (χ3n) is 4.68. The molecule has 6 heteroatoms. The van der Waals surface area contributed by atoms with Crippen molar-refractivity contribution >= 4 is 11.8 Å². The molecule has 6 nitrogen and oxygen atoms in total. The summed E-state index contributed by atoms with van der Waals surface area (Å²) in [4.78, 5) is 12.3. The van der Waals surface area contributed by atoms with Gasteiger partial charge in [0.05, 0.1) is 13.2 Å². The first kappa shape index (κ1) is 18.8. The number of rotatable bonds is 3. The highest BCUT2D eigenvalue weighted by atomic mass is 16.6. The van der Waals surface area contributed by atoms with E-state index in [4.69, 9.17) is 14.0 Å². The first-order valence-corrected chi connectivity index (χ1v) is 9.30. The molecule has 0 fully saturated rings. The zero-order valence-electron chi connectivity index (χ0n) is 16.2. The third-order valence-corrected chi connectivity index (χ3v) is 4.68. The molecule has 2 aromatic carbocycles. The fraction of sp³-hybridized carbons (Fsp3) is 0.217. The summed E-state index contributed by atoms with van der Waals surface area (Å²) in [6.07, 6.45) is -0.982. The largest absolute Gasteiger partial charge is 0.441 e. The molecule has 146 valence electrons. The number of aromatic nitrogens is 1. The molecule has 0 radical (unpaired) electrons. The number of hydrogen-bond acceptors (Lipinski definition) is 5. The smallest absolute Gasteiger partial charge is 0.412 e. The zero-order valence-corrected chi connectivity index (χ0v) is 16.2. The summed E-state index contributed by atoms with van der Waals surface area (Å²) in [5.41, 5.74) is 5.01. The molecule has 1 N–H and O–H groups in total. The van der Waals surface area contributed by atoms with E-state index < -0.39 is 6.09 Å². The maximum atomic E-state index is 12.3. The minimum absolute atomic E-state index is 0.281. The number of fused-ring (bicyclic) bond motifs is 1. The molecule has 1 aromatic heterocycles. The Balaban J connectivity index is 1.47. The average molecular weight is 388 g/mol. The Labute approximate surface area is 168 Å². The maximum Gasteiger partial charge on any atom is 0.412 e. The summed E-state index contributed by atoms with van der Waals surface area (Å²) < 4.78 is 16.2. The molecule has 1 aliphatic heterocycles. The Kier molecular flexibility index (Phi) is 5.32. The van der Waals surface area contributed by atoms with Gasteiger partial charge in [-0.05, 0) is 48.6 Å². The second-order valence-corrected chi connectivity index (χ2v) is 6.78. The Bertz CT molecular complexity index is 1090. The highest BCUT2D eigenvalue weighted by Crippen LogP contribution is 2.23. The second kappa shape index (κ2) is 8.21. The Morgan fingerprint density at radius 3 is 2.76 bits per heavy atom. The third kappa shape index (κ3) is 4.31. The zero-order chi connectivity index (χ0) is 20.2. The van der Waals surface area contributed by atoms with Gasteiger partial charge in [0, 0.05) is 5.56 Å². The quantitative estimate of drug-likeness (QED) is 0.657. The summed E-state index contributed by atoms with van der Waals surface area (Å²) in [6, 6.07) is 15.5. The maximum absolute atomic E-state index is 12.3. The van der Waals surface area contributed by atoms with Crippen molar-refractivity contribution in [3.8, 4) is 11.8 Å². The SMILES string of the molecule is Cc1noc(C#Cc2ccc3c(c2)COC3)c1NC(=O)OC(C)c1ccccc1.